The zero-order valence-electron chi connectivity index (χ0n) is 15.1. The molecule has 0 spiro atoms. The van der Waals surface area contributed by atoms with Gasteiger partial charge in [0.25, 0.3) is 0 Å². The third-order valence-corrected chi connectivity index (χ3v) is 5.68. The maximum Gasteiger partial charge on any atom is 0.227 e. The SMILES string of the molecule is COc1cccc(C2CCCN2C(=O)CCc2nc(-c3cccs3)no2)c1. The molecule has 0 bridgehead atoms. The van der Waals surface area contributed by atoms with Crippen molar-refractivity contribution in [3.8, 4) is 16.5 Å². The number of carbonyl (C=O) groups excluding carboxylic acids is 1. The Morgan fingerprint density at radius 1 is 1.37 bits per heavy atom. The molecule has 1 aliphatic rings. The molecule has 7 heteroatoms. The number of hydrogen-bond donors (Lipinski definition) is 0. The summed E-state index contributed by atoms with van der Waals surface area (Å²) in [5, 5.41) is 5.97. The van der Waals surface area contributed by atoms with Gasteiger partial charge >= 0.3 is 0 Å². The topological polar surface area (TPSA) is 68.5 Å². The maximum atomic E-state index is 12.8. The van der Waals surface area contributed by atoms with Gasteiger partial charge in [0.2, 0.25) is 17.6 Å². The molecule has 4 rings (SSSR count). The van der Waals surface area contributed by atoms with Gasteiger partial charge < -0.3 is 14.2 Å². The van der Waals surface area contributed by atoms with Gasteiger partial charge in [-0.3, -0.25) is 4.79 Å². The Morgan fingerprint density at radius 3 is 3.11 bits per heavy atom. The molecule has 27 heavy (non-hydrogen) atoms. The van der Waals surface area contributed by atoms with E-state index in [2.05, 4.69) is 16.2 Å². The highest BCUT2D eigenvalue weighted by Crippen LogP contribution is 2.34. The summed E-state index contributed by atoms with van der Waals surface area (Å²) in [7, 11) is 1.66. The molecule has 3 aromatic rings. The summed E-state index contributed by atoms with van der Waals surface area (Å²) in [4.78, 5) is 20.1. The van der Waals surface area contributed by atoms with Crippen molar-refractivity contribution < 1.29 is 14.1 Å². The van der Waals surface area contributed by atoms with E-state index in [-0.39, 0.29) is 11.9 Å². The first-order valence-corrected chi connectivity index (χ1v) is 9.92. The number of thiophene rings is 1. The van der Waals surface area contributed by atoms with E-state index >= 15 is 0 Å². The number of aryl methyl sites for hydroxylation is 1. The maximum absolute atomic E-state index is 12.8. The van der Waals surface area contributed by atoms with Crippen LogP contribution in [0.15, 0.2) is 46.3 Å². The molecule has 1 atom stereocenters. The van der Waals surface area contributed by atoms with Gasteiger partial charge in [0, 0.05) is 19.4 Å². The monoisotopic (exact) mass is 383 g/mol. The molecular weight excluding hydrogens is 362 g/mol. The number of rotatable bonds is 6. The fourth-order valence-corrected chi connectivity index (χ4v) is 4.13. The van der Waals surface area contributed by atoms with Gasteiger partial charge in [-0.1, -0.05) is 23.4 Å². The molecule has 1 aromatic carbocycles. The molecule has 3 heterocycles. The van der Waals surface area contributed by atoms with E-state index in [0.717, 1.165) is 35.6 Å². The van der Waals surface area contributed by atoms with Crippen LogP contribution in [0.2, 0.25) is 0 Å². The van der Waals surface area contributed by atoms with Crippen LogP contribution in [-0.4, -0.2) is 34.6 Å². The van der Waals surface area contributed by atoms with Crippen LogP contribution in [0, 0.1) is 0 Å². The van der Waals surface area contributed by atoms with Crippen LogP contribution in [0.3, 0.4) is 0 Å². The second kappa shape index (κ2) is 7.92. The van der Waals surface area contributed by atoms with Crippen LogP contribution in [0.5, 0.6) is 5.75 Å². The lowest BCUT2D eigenvalue weighted by atomic mass is 10.0. The number of carbonyl (C=O) groups is 1. The number of likely N-dealkylation sites (tertiary alicyclic amines) is 1. The van der Waals surface area contributed by atoms with Gasteiger partial charge in [0.1, 0.15) is 5.75 Å². The quantitative estimate of drug-likeness (QED) is 0.641. The zero-order valence-corrected chi connectivity index (χ0v) is 15.9. The average molecular weight is 383 g/mol. The predicted octanol–water partition coefficient (Wildman–Crippen LogP) is 4.10. The summed E-state index contributed by atoms with van der Waals surface area (Å²) >= 11 is 1.56. The molecule has 1 unspecified atom stereocenters. The number of methoxy groups -OCH3 is 1. The van der Waals surface area contributed by atoms with Gasteiger partial charge in [0.15, 0.2) is 0 Å². The Kier molecular flexibility index (Phi) is 5.20. The Balaban J connectivity index is 1.40. The van der Waals surface area contributed by atoms with Crippen molar-refractivity contribution in [1.29, 1.82) is 0 Å². The summed E-state index contributed by atoms with van der Waals surface area (Å²) in [6.07, 6.45) is 2.81. The first kappa shape index (κ1) is 17.7. The molecule has 0 aliphatic carbocycles. The van der Waals surface area contributed by atoms with Crippen molar-refractivity contribution in [1.82, 2.24) is 15.0 Å². The van der Waals surface area contributed by atoms with Gasteiger partial charge in [-0.05, 0) is 42.0 Å². The molecule has 1 saturated heterocycles. The highest BCUT2D eigenvalue weighted by molar-refractivity contribution is 7.13. The second-order valence-electron chi connectivity index (χ2n) is 6.51. The first-order valence-electron chi connectivity index (χ1n) is 9.04. The van der Waals surface area contributed by atoms with E-state index in [1.165, 1.54) is 0 Å². The van der Waals surface area contributed by atoms with E-state index in [1.807, 2.05) is 40.6 Å². The van der Waals surface area contributed by atoms with Crippen LogP contribution in [0.25, 0.3) is 10.7 Å². The van der Waals surface area contributed by atoms with Gasteiger partial charge in [-0.2, -0.15) is 4.98 Å². The summed E-state index contributed by atoms with van der Waals surface area (Å²) in [5.74, 6) is 2.03. The minimum atomic E-state index is 0.108. The molecule has 1 fully saturated rings. The number of benzene rings is 1. The standard InChI is InChI=1S/C20H21N3O3S/c1-25-15-6-2-5-14(13-15)16-7-3-11-23(16)19(24)10-9-18-21-20(22-26-18)17-8-4-12-27-17/h2,4-6,8,12-13,16H,3,7,9-11H2,1H3. The highest BCUT2D eigenvalue weighted by Gasteiger charge is 2.30. The minimum Gasteiger partial charge on any atom is -0.497 e. The fraction of sp³-hybridized carbons (Fsp3) is 0.350. The van der Waals surface area contributed by atoms with Crippen LogP contribution in [-0.2, 0) is 11.2 Å². The van der Waals surface area contributed by atoms with Crippen LogP contribution in [0.1, 0.15) is 36.8 Å². The number of amides is 1. The molecule has 0 radical (unpaired) electrons. The van der Waals surface area contributed by atoms with Crippen molar-refractivity contribution in [2.75, 3.05) is 13.7 Å². The van der Waals surface area contributed by atoms with E-state index in [1.54, 1.807) is 18.4 Å². The van der Waals surface area contributed by atoms with Crippen LogP contribution in [0.4, 0.5) is 0 Å². The first-order chi connectivity index (χ1) is 13.2. The fourth-order valence-electron chi connectivity index (χ4n) is 3.48. The number of aromatic nitrogens is 2. The lowest BCUT2D eigenvalue weighted by molar-refractivity contribution is -0.132. The van der Waals surface area contributed by atoms with Crippen molar-refractivity contribution in [2.24, 2.45) is 0 Å². The van der Waals surface area contributed by atoms with E-state index < -0.39 is 0 Å². The molecule has 2 aromatic heterocycles. The normalized spacial score (nSPS) is 16.6. The summed E-state index contributed by atoms with van der Waals surface area (Å²) in [5.41, 5.74) is 1.12. The average Bonchev–Trinajstić information content (AvgIpc) is 3.47. The van der Waals surface area contributed by atoms with Gasteiger partial charge in [-0.15, -0.1) is 11.3 Å². The third-order valence-electron chi connectivity index (χ3n) is 4.81. The van der Waals surface area contributed by atoms with Crippen molar-refractivity contribution in [3.63, 3.8) is 0 Å². The summed E-state index contributed by atoms with van der Waals surface area (Å²) < 4.78 is 10.6. The van der Waals surface area contributed by atoms with Gasteiger partial charge in [-0.25, -0.2) is 0 Å². The number of ether oxygens (including phenoxy) is 1. The Morgan fingerprint density at radius 2 is 2.30 bits per heavy atom. The van der Waals surface area contributed by atoms with Crippen molar-refractivity contribution in [3.05, 3.63) is 53.2 Å². The minimum absolute atomic E-state index is 0.108. The Bertz CT molecular complexity index is 907. The highest BCUT2D eigenvalue weighted by atomic mass is 32.1. The molecule has 0 N–H and O–H groups in total. The third kappa shape index (κ3) is 3.88. The summed E-state index contributed by atoms with van der Waals surface area (Å²) in [6.45, 7) is 0.783. The lowest BCUT2D eigenvalue weighted by Gasteiger charge is -2.25. The number of hydrogen-bond acceptors (Lipinski definition) is 6. The zero-order chi connectivity index (χ0) is 18.6. The Hall–Kier alpha value is -2.67. The van der Waals surface area contributed by atoms with E-state index in [4.69, 9.17) is 9.26 Å². The largest absolute Gasteiger partial charge is 0.497 e. The van der Waals surface area contributed by atoms with Crippen molar-refractivity contribution >= 4 is 17.2 Å². The lowest BCUT2D eigenvalue weighted by Crippen LogP contribution is -2.30. The smallest absolute Gasteiger partial charge is 0.227 e. The predicted molar refractivity (Wildman–Crippen MR) is 103 cm³/mol. The molecular formula is C20H21N3O3S. The summed E-state index contributed by atoms with van der Waals surface area (Å²) in [6, 6.07) is 12.0. The molecule has 0 saturated carbocycles. The van der Waals surface area contributed by atoms with E-state index in [9.17, 15) is 4.79 Å². The number of nitrogens with zero attached hydrogens (tertiary/aromatic N) is 3. The van der Waals surface area contributed by atoms with E-state index in [0.29, 0.717) is 24.6 Å². The molecule has 140 valence electrons. The van der Waals surface area contributed by atoms with Crippen LogP contribution < -0.4 is 4.74 Å². The van der Waals surface area contributed by atoms with Crippen molar-refractivity contribution in [2.45, 2.75) is 31.7 Å². The molecule has 1 aliphatic heterocycles. The Labute approximate surface area is 161 Å². The van der Waals surface area contributed by atoms with Crippen LogP contribution >= 0.6 is 11.3 Å². The second-order valence-corrected chi connectivity index (χ2v) is 7.46. The molecule has 6 nitrogen and oxygen atoms in total. The molecule has 1 amide bonds. The van der Waals surface area contributed by atoms with Gasteiger partial charge in [0.05, 0.1) is 18.0 Å².